The molecule has 166 valence electrons. The second kappa shape index (κ2) is 9.10. The second-order valence-corrected chi connectivity index (χ2v) is 11.3. The second-order valence-electron chi connectivity index (χ2n) is 8.75. The van der Waals surface area contributed by atoms with E-state index in [2.05, 4.69) is 10.0 Å². The van der Waals surface area contributed by atoms with Crippen LogP contribution in [0.15, 0.2) is 47.4 Å². The predicted octanol–water partition coefficient (Wildman–Crippen LogP) is 5.28. The maximum absolute atomic E-state index is 12.8. The van der Waals surface area contributed by atoms with Gasteiger partial charge in [-0.15, -0.1) is 0 Å². The zero-order valence-corrected chi connectivity index (χ0v) is 19.6. The Morgan fingerprint density at radius 2 is 1.81 bits per heavy atom. The average Bonchev–Trinajstić information content (AvgIpc) is 3.34. The molecule has 2 N–H and O–H groups in total. The van der Waals surface area contributed by atoms with Crippen molar-refractivity contribution in [1.29, 1.82) is 0 Å². The van der Waals surface area contributed by atoms with Crippen molar-refractivity contribution in [1.82, 2.24) is 4.72 Å². The average molecular weight is 481 g/mol. The zero-order chi connectivity index (χ0) is 22.2. The Bertz CT molecular complexity index is 1070. The van der Waals surface area contributed by atoms with E-state index in [-0.39, 0.29) is 23.3 Å². The summed E-state index contributed by atoms with van der Waals surface area (Å²) in [7, 11) is -3.61. The van der Waals surface area contributed by atoms with Crippen LogP contribution in [0.5, 0.6) is 0 Å². The van der Waals surface area contributed by atoms with E-state index in [1.165, 1.54) is 31.4 Å². The van der Waals surface area contributed by atoms with Gasteiger partial charge in [-0.2, -0.15) is 0 Å². The topological polar surface area (TPSA) is 75.3 Å². The number of hydrogen-bond donors (Lipinski definition) is 2. The molecule has 0 spiro atoms. The molecular weight excluding hydrogens is 455 g/mol. The standard InChI is InChI=1S/C23H26Cl2N2O3S/c1-14(20-11-15-2-4-17(20)10-15)27-31(29,30)19-7-5-18(6-8-19)26-23(28)13-16-3-9-21(24)22(25)12-16/h3,5-9,12,14-15,17,20,27H,2,4,10-11,13H2,1H3,(H,26,28)/t14-,15+,17+,20-/m1/s1. The third-order valence-electron chi connectivity index (χ3n) is 6.57. The van der Waals surface area contributed by atoms with Crippen molar-refractivity contribution in [3.63, 3.8) is 0 Å². The number of hydrogen-bond acceptors (Lipinski definition) is 3. The van der Waals surface area contributed by atoms with Gasteiger partial charge in [0.1, 0.15) is 0 Å². The summed E-state index contributed by atoms with van der Waals surface area (Å²) in [6, 6.07) is 11.2. The summed E-state index contributed by atoms with van der Waals surface area (Å²) in [5.41, 5.74) is 1.27. The number of carbonyl (C=O) groups is 1. The number of sulfonamides is 1. The first-order valence-corrected chi connectivity index (χ1v) is 12.8. The highest BCUT2D eigenvalue weighted by molar-refractivity contribution is 7.89. The molecule has 5 nitrogen and oxygen atoms in total. The number of fused-ring (bicyclic) bond motifs is 2. The maximum Gasteiger partial charge on any atom is 0.240 e. The summed E-state index contributed by atoms with van der Waals surface area (Å²) in [5, 5.41) is 3.61. The van der Waals surface area contributed by atoms with Gasteiger partial charge in [-0.05, 0) is 85.9 Å². The third kappa shape index (κ3) is 5.25. The van der Waals surface area contributed by atoms with E-state index in [0.29, 0.717) is 27.6 Å². The van der Waals surface area contributed by atoms with Gasteiger partial charge in [0.2, 0.25) is 15.9 Å². The molecule has 1 amide bonds. The van der Waals surface area contributed by atoms with E-state index in [9.17, 15) is 13.2 Å². The number of benzene rings is 2. The van der Waals surface area contributed by atoms with E-state index >= 15 is 0 Å². The predicted molar refractivity (Wildman–Crippen MR) is 124 cm³/mol. The van der Waals surface area contributed by atoms with Gasteiger partial charge in [0.25, 0.3) is 0 Å². The highest BCUT2D eigenvalue weighted by Gasteiger charge is 2.42. The van der Waals surface area contributed by atoms with Gasteiger partial charge in [-0.25, -0.2) is 13.1 Å². The molecule has 4 atom stereocenters. The minimum atomic E-state index is -3.61. The molecule has 0 radical (unpaired) electrons. The van der Waals surface area contributed by atoms with Gasteiger partial charge in [0.15, 0.2) is 0 Å². The summed E-state index contributed by atoms with van der Waals surface area (Å²) in [6.07, 6.45) is 5.02. The van der Waals surface area contributed by atoms with Crippen LogP contribution in [0.4, 0.5) is 5.69 Å². The summed E-state index contributed by atoms with van der Waals surface area (Å²) >= 11 is 11.9. The van der Waals surface area contributed by atoms with E-state index in [1.807, 2.05) is 6.92 Å². The minimum Gasteiger partial charge on any atom is -0.326 e. The Balaban J connectivity index is 1.35. The SMILES string of the molecule is C[C@@H](NS(=O)(=O)c1ccc(NC(=O)Cc2ccc(Cl)c(Cl)c2)cc1)[C@H]1C[C@H]2CC[C@H]1C2. The van der Waals surface area contributed by atoms with Crippen LogP contribution in [0.25, 0.3) is 0 Å². The number of rotatable bonds is 7. The van der Waals surface area contributed by atoms with Crippen LogP contribution in [0, 0.1) is 17.8 Å². The van der Waals surface area contributed by atoms with Crippen molar-refractivity contribution in [2.45, 2.75) is 50.0 Å². The molecule has 4 rings (SSSR count). The quantitative estimate of drug-likeness (QED) is 0.565. The molecule has 2 bridgehead atoms. The lowest BCUT2D eigenvalue weighted by Crippen LogP contribution is -2.40. The molecular formula is C23H26Cl2N2O3S. The summed E-state index contributed by atoms with van der Waals surface area (Å²) in [4.78, 5) is 12.5. The molecule has 2 aliphatic carbocycles. The molecule has 2 aromatic carbocycles. The van der Waals surface area contributed by atoms with E-state index in [4.69, 9.17) is 23.2 Å². The van der Waals surface area contributed by atoms with Gasteiger partial charge in [-0.3, -0.25) is 4.79 Å². The molecule has 31 heavy (non-hydrogen) atoms. The van der Waals surface area contributed by atoms with Crippen molar-refractivity contribution in [2.24, 2.45) is 17.8 Å². The van der Waals surface area contributed by atoms with Crippen molar-refractivity contribution < 1.29 is 13.2 Å². The smallest absolute Gasteiger partial charge is 0.240 e. The number of nitrogens with one attached hydrogen (secondary N) is 2. The van der Waals surface area contributed by atoms with E-state index in [0.717, 1.165) is 17.9 Å². The van der Waals surface area contributed by atoms with Crippen LogP contribution in [-0.2, 0) is 21.2 Å². The molecule has 0 unspecified atom stereocenters. The Hall–Kier alpha value is -1.60. The van der Waals surface area contributed by atoms with Crippen LogP contribution in [0.2, 0.25) is 10.0 Å². The minimum absolute atomic E-state index is 0.0779. The fraction of sp³-hybridized carbons (Fsp3) is 0.435. The number of amides is 1. The first-order chi connectivity index (χ1) is 14.7. The summed E-state index contributed by atoms with van der Waals surface area (Å²) < 4.78 is 28.5. The molecule has 2 saturated carbocycles. The molecule has 2 aliphatic rings. The van der Waals surface area contributed by atoms with Crippen LogP contribution in [0.1, 0.15) is 38.2 Å². The fourth-order valence-electron chi connectivity index (χ4n) is 5.06. The first kappa shape index (κ1) is 22.6. The zero-order valence-electron chi connectivity index (χ0n) is 17.3. The Morgan fingerprint density at radius 1 is 1.06 bits per heavy atom. The Kier molecular flexibility index (Phi) is 6.63. The van der Waals surface area contributed by atoms with Crippen LogP contribution in [0.3, 0.4) is 0 Å². The highest BCUT2D eigenvalue weighted by Crippen LogP contribution is 2.49. The lowest BCUT2D eigenvalue weighted by atomic mass is 9.84. The Labute approximate surface area is 193 Å². The molecule has 2 aromatic rings. The first-order valence-electron chi connectivity index (χ1n) is 10.6. The van der Waals surface area contributed by atoms with Crippen LogP contribution >= 0.6 is 23.2 Å². The van der Waals surface area contributed by atoms with Gasteiger partial charge < -0.3 is 5.32 Å². The molecule has 8 heteroatoms. The van der Waals surface area contributed by atoms with Crippen LogP contribution < -0.4 is 10.0 Å². The van der Waals surface area contributed by atoms with Crippen LogP contribution in [-0.4, -0.2) is 20.4 Å². The Morgan fingerprint density at radius 3 is 2.42 bits per heavy atom. The molecule has 0 aromatic heterocycles. The van der Waals surface area contributed by atoms with Gasteiger partial charge in [0, 0.05) is 11.7 Å². The number of carbonyl (C=O) groups excluding carboxylic acids is 1. The van der Waals surface area contributed by atoms with Gasteiger partial charge in [0.05, 0.1) is 21.4 Å². The van der Waals surface area contributed by atoms with Crippen molar-refractivity contribution >= 4 is 44.8 Å². The maximum atomic E-state index is 12.8. The van der Waals surface area contributed by atoms with Crippen molar-refractivity contribution in [3.05, 3.63) is 58.1 Å². The van der Waals surface area contributed by atoms with E-state index < -0.39 is 10.0 Å². The lowest BCUT2D eigenvalue weighted by molar-refractivity contribution is -0.115. The van der Waals surface area contributed by atoms with E-state index in [1.54, 1.807) is 30.3 Å². The van der Waals surface area contributed by atoms with Crippen molar-refractivity contribution in [2.75, 3.05) is 5.32 Å². The van der Waals surface area contributed by atoms with Gasteiger partial charge in [-0.1, -0.05) is 35.7 Å². The normalized spacial score (nSPS) is 23.6. The number of halogens is 2. The summed E-state index contributed by atoms with van der Waals surface area (Å²) in [6.45, 7) is 1.97. The molecule has 0 aliphatic heterocycles. The number of anilines is 1. The third-order valence-corrected chi connectivity index (χ3v) is 8.89. The highest BCUT2D eigenvalue weighted by atomic mass is 35.5. The lowest BCUT2D eigenvalue weighted by Gasteiger charge is -2.28. The largest absolute Gasteiger partial charge is 0.326 e. The van der Waals surface area contributed by atoms with Gasteiger partial charge >= 0.3 is 0 Å². The molecule has 0 saturated heterocycles. The fourth-order valence-corrected chi connectivity index (χ4v) is 6.68. The molecule has 0 heterocycles. The summed E-state index contributed by atoms with van der Waals surface area (Å²) in [5.74, 6) is 1.62. The molecule has 2 fully saturated rings. The van der Waals surface area contributed by atoms with Crippen molar-refractivity contribution in [3.8, 4) is 0 Å². The monoisotopic (exact) mass is 480 g/mol.